The summed E-state index contributed by atoms with van der Waals surface area (Å²) < 4.78 is 1.90. The zero-order valence-electron chi connectivity index (χ0n) is 17.5. The van der Waals surface area contributed by atoms with Gasteiger partial charge < -0.3 is 5.32 Å². The fourth-order valence-corrected chi connectivity index (χ4v) is 4.34. The van der Waals surface area contributed by atoms with Gasteiger partial charge in [0.2, 0.25) is 5.91 Å². The molecule has 1 amide bonds. The molecule has 3 aromatic carbocycles. The molecular weight excluding hydrogens is 463 g/mol. The van der Waals surface area contributed by atoms with E-state index in [2.05, 4.69) is 15.5 Å². The van der Waals surface area contributed by atoms with Crippen LogP contribution in [0.15, 0.2) is 71.9 Å². The van der Waals surface area contributed by atoms with Gasteiger partial charge in [-0.1, -0.05) is 64.8 Å². The number of nitrogens with zero attached hydrogens (tertiary/aromatic N) is 3. The van der Waals surface area contributed by atoms with E-state index in [0.717, 1.165) is 28.1 Å². The Morgan fingerprint density at radius 1 is 0.969 bits per heavy atom. The summed E-state index contributed by atoms with van der Waals surface area (Å²) in [6, 6.07) is 20.7. The van der Waals surface area contributed by atoms with Crippen molar-refractivity contribution < 1.29 is 4.79 Å². The Bertz CT molecular complexity index is 1270. The lowest BCUT2D eigenvalue weighted by atomic mass is 10.1. The molecular formula is C24H20Cl2N4OS. The van der Waals surface area contributed by atoms with Gasteiger partial charge in [-0.05, 0) is 61.9 Å². The van der Waals surface area contributed by atoms with Crippen molar-refractivity contribution in [3.8, 4) is 17.1 Å². The molecule has 0 atom stereocenters. The van der Waals surface area contributed by atoms with Gasteiger partial charge in [0.25, 0.3) is 0 Å². The number of aromatic nitrogens is 3. The van der Waals surface area contributed by atoms with Crippen molar-refractivity contribution in [3.05, 3.63) is 87.9 Å². The number of amides is 1. The molecule has 0 saturated heterocycles. The van der Waals surface area contributed by atoms with Crippen LogP contribution in [-0.4, -0.2) is 26.4 Å². The molecule has 4 aromatic rings. The predicted octanol–water partition coefficient (Wildman–Crippen LogP) is 6.59. The second-order valence-corrected chi connectivity index (χ2v) is 9.10. The number of thioether (sulfide) groups is 1. The molecule has 0 saturated carbocycles. The lowest BCUT2D eigenvalue weighted by Gasteiger charge is -2.11. The number of halogens is 2. The third kappa shape index (κ3) is 5.15. The number of carbonyl (C=O) groups is 1. The topological polar surface area (TPSA) is 59.8 Å². The standard InChI is InChI=1S/C24H20Cl2N4OS/c1-15-6-11-21(16(2)12-15)27-22(31)14-32-24-29-28-23(17-4-3-5-19(26)13-17)30(24)20-9-7-18(25)8-10-20/h3-13H,14H2,1-2H3,(H,27,31). The minimum absolute atomic E-state index is 0.114. The van der Waals surface area contributed by atoms with Gasteiger partial charge in [0.1, 0.15) is 0 Å². The summed E-state index contributed by atoms with van der Waals surface area (Å²) in [5.74, 6) is 0.707. The van der Waals surface area contributed by atoms with Crippen LogP contribution in [0.1, 0.15) is 11.1 Å². The third-order valence-corrected chi connectivity index (χ3v) is 6.21. The van der Waals surface area contributed by atoms with Crippen LogP contribution >= 0.6 is 35.0 Å². The molecule has 8 heteroatoms. The highest BCUT2D eigenvalue weighted by Gasteiger charge is 2.18. The molecule has 1 aromatic heterocycles. The molecule has 4 rings (SSSR count). The quantitative estimate of drug-likeness (QED) is 0.315. The highest BCUT2D eigenvalue weighted by atomic mass is 35.5. The fraction of sp³-hybridized carbons (Fsp3) is 0.125. The van der Waals surface area contributed by atoms with Gasteiger partial charge in [0, 0.05) is 27.0 Å². The second kappa shape index (κ2) is 9.77. The molecule has 1 heterocycles. The predicted molar refractivity (Wildman–Crippen MR) is 132 cm³/mol. The molecule has 0 unspecified atom stereocenters. The molecule has 5 nitrogen and oxygen atoms in total. The lowest BCUT2D eigenvalue weighted by Crippen LogP contribution is -2.15. The summed E-state index contributed by atoms with van der Waals surface area (Å²) in [4.78, 5) is 12.6. The fourth-order valence-electron chi connectivity index (χ4n) is 3.27. The Morgan fingerprint density at radius 2 is 1.75 bits per heavy atom. The normalized spacial score (nSPS) is 10.9. The van der Waals surface area contributed by atoms with Gasteiger partial charge in [-0.25, -0.2) is 0 Å². The van der Waals surface area contributed by atoms with Crippen molar-refractivity contribution >= 4 is 46.6 Å². The molecule has 1 N–H and O–H groups in total. The number of carbonyl (C=O) groups excluding carboxylic acids is 1. The number of rotatable bonds is 6. The molecule has 0 radical (unpaired) electrons. The zero-order valence-corrected chi connectivity index (χ0v) is 19.8. The van der Waals surface area contributed by atoms with E-state index in [-0.39, 0.29) is 11.7 Å². The maximum absolute atomic E-state index is 12.6. The summed E-state index contributed by atoms with van der Waals surface area (Å²) in [6.45, 7) is 4.00. The van der Waals surface area contributed by atoms with Crippen LogP contribution in [0, 0.1) is 13.8 Å². The Balaban J connectivity index is 1.60. The van der Waals surface area contributed by atoms with Crippen molar-refractivity contribution in [3.63, 3.8) is 0 Å². The monoisotopic (exact) mass is 482 g/mol. The Hall–Kier alpha value is -2.80. The number of hydrogen-bond donors (Lipinski definition) is 1. The average Bonchev–Trinajstić information content (AvgIpc) is 3.19. The smallest absolute Gasteiger partial charge is 0.234 e. The molecule has 32 heavy (non-hydrogen) atoms. The van der Waals surface area contributed by atoms with Crippen LogP contribution in [0.4, 0.5) is 5.69 Å². The van der Waals surface area contributed by atoms with Gasteiger partial charge >= 0.3 is 0 Å². The van der Waals surface area contributed by atoms with Crippen LogP contribution < -0.4 is 5.32 Å². The maximum Gasteiger partial charge on any atom is 0.234 e. The molecule has 0 bridgehead atoms. The van der Waals surface area contributed by atoms with Crippen molar-refractivity contribution in [2.75, 3.05) is 11.1 Å². The summed E-state index contributed by atoms with van der Waals surface area (Å²) in [7, 11) is 0. The largest absolute Gasteiger partial charge is 0.325 e. The van der Waals surface area contributed by atoms with Crippen LogP contribution in [0.2, 0.25) is 10.0 Å². The van der Waals surface area contributed by atoms with Gasteiger partial charge in [-0.3, -0.25) is 9.36 Å². The average molecular weight is 483 g/mol. The first-order valence-corrected chi connectivity index (χ1v) is 11.6. The molecule has 162 valence electrons. The lowest BCUT2D eigenvalue weighted by molar-refractivity contribution is -0.113. The molecule has 0 spiro atoms. The van der Waals surface area contributed by atoms with Crippen LogP contribution in [0.3, 0.4) is 0 Å². The third-order valence-electron chi connectivity index (χ3n) is 4.79. The van der Waals surface area contributed by atoms with E-state index < -0.39 is 0 Å². The van der Waals surface area contributed by atoms with Gasteiger partial charge in [-0.15, -0.1) is 10.2 Å². The van der Waals surface area contributed by atoms with Crippen molar-refractivity contribution in [1.82, 2.24) is 14.8 Å². The van der Waals surface area contributed by atoms with E-state index >= 15 is 0 Å². The molecule has 0 aliphatic rings. The summed E-state index contributed by atoms with van der Waals surface area (Å²) in [6.07, 6.45) is 0. The van der Waals surface area contributed by atoms with Crippen molar-refractivity contribution in [1.29, 1.82) is 0 Å². The Kier molecular flexibility index (Phi) is 6.84. The van der Waals surface area contributed by atoms with Crippen LogP contribution in [0.25, 0.3) is 17.1 Å². The van der Waals surface area contributed by atoms with E-state index in [1.165, 1.54) is 11.8 Å². The molecule has 0 fully saturated rings. The number of aryl methyl sites for hydroxylation is 2. The highest BCUT2D eigenvalue weighted by molar-refractivity contribution is 7.99. The van der Waals surface area contributed by atoms with Crippen molar-refractivity contribution in [2.45, 2.75) is 19.0 Å². The Morgan fingerprint density at radius 3 is 2.47 bits per heavy atom. The number of hydrogen-bond acceptors (Lipinski definition) is 4. The highest BCUT2D eigenvalue weighted by Crippen LogP contribution is 2.30. The summed E-state index contributed by atoms with van der Waals surface area (Å²) >= 11 is 13.6. The van der Waals surface area contributed by atoms with Gasteiger partial charge in [0.05, 0.1) is 5.75 Å². The SMILES string of the molecule is Cc1ccc(NC(=O)CSc2nnc(-c3cccc(Cl)c3)n2-c2ccc(Cl)cc2)c(C)c1. The minimum atomic E-state index is -0.114. The van der Waals surface area contributed by atoms with E-state index in [1.807, 2.05) is 66.9 Å². The van der Waals surface area contributed by atoms with E-state index in [4.69, 9.17) is 23.2 Å². The zero-order chi connectivity index (χ0) is 22.7. The summed E-state index contributed by atoms with van der Waals surface area (Å²) in [5.41, 5.74) is 4.65. The summed E-state index contributed by atoms with van der Waals surface area (Å²) in [5, 5.41) is 13.5. The van der Waals surface area contributed by atoms with Crippen LogP contribution in [-0.2, 0) is 4.79 Å². The first-order valence-electron chi connectivity index (χ1n) is 9.88. The van der Waals surface area contributed by atoms with E-state index in [0.29, 0.717) is 21.0 Å². The molecule has 0 aliphatic heterocycles. The minimum Gasteiger partial charge on any atom is -0.325 e. The van der Waals surface area contributed by atoms with Crippen molar-refractivity contribution in [2.24, 2.45) is 0 Å². The number of nitrogens with one attached hydrogen (secondary N) is 1. The second-order valence-electron chi connectivity index (χ2n) is 7.28. The van der Waals surface area contributed by atoms with E-state index in [9.17, 15) is 4.79 Å². The first kappa shape index (κ1) is 22.4. The van der Waals surface area contributed by atoms with E-state index in [1.54, 1.807) is 18.2 Å². The Labute approximate surface area is 200 Å². The maximum atomic E-state index is 12.6. The van der Waals surface area contributed by atoms with Crippen LogP contribution in [0.5, 0.6) is 0 Å². The molecule has 0 aliphatic carbocycles. The number of anilines is 1. The van der Waals surface area contributed by atoms with Gasteiger partial charge in [-0.2, -0.15) is 0 Å². The van der Waals surface area contributed by atoms with Gasteiger partial charge in [0.15, 0.2) is 11.0 Å². The first-order chi connectivity index (χ1) is 15.4. The number of benzene rings is 3.